The van der Waals surface area contributed by atoms with E-state index < -0.39 is 22.7 Å². The lowest BCUT2D eigenvalue weighted by Gasteiger charge is -2.20. The van der Waals surface area contributed by atoms with E-state index in [9.17, 15) is 24.8 Å². The summed E-state index contributed by atoms with van der Waals surface area (Å²) in [5, 5.41) is 21.4. The molecule has 3 rings (SSSR count). The molecule has 1 fully saturated rings. The average Bonchev–Trinajstić information content (AvgIpc) is 2.86. The number of nitrogens with zero attached hydrogens (tertiary/aromatic N) is 2. The van der Waals surface area contributed by atoms with Crippen LogP contribution in [0.3, 0.4) is 0 Å². The second kappa shape index (κ2) is 6.20. The maximum atomic E-state index is 12.4. The molecule has 0 unspecified atom stereocenters. The molecule has 0 radical (unpaired) electrons. The molecule has 1 saturated heterocycles. The Labute approximate surface area is 143 Å². The van der Waals surface area contributed by atoms with E-state index in [0.717, 1.165) is 0 Å². The fraction of sp³-hybridized carbons (Fsp3) is 0.111. The van der Waals surface area contributed by atoms with Crippen LogP contribution in [-0.2, 0) is 9.59 Å². The summed E-state index contributed by atoms with van der Waals surface area (Å²) in [6.45, 7) is 0. The number of aliphatic hydroxyl groups excluding tert-OH is 1. The highest BCUT2D eigenvalue weighted by molar-refractivity contribution is 6.46. The van der Waals surface area contributed by atoms with E-state index in [1.165, 1.54) is 36.2 Å². The zero-order valence-corrected chi connectivity index (χ0v) is 13.2. The highest BCUT2D eigenvalue weighted by Crippen LogP contribution is 2.38. The van der Waals surface area contributed by atoms with E-state index in [4.69, 9.17) is 0 Å². The third-order valence-electron chi connectivity index (χ3n) is 4.14. The van der Waals surface area contributed by atoms with Gasteiger partial charge in [-0.1, -0.05) is 30.3 Å². The number of hydrogen-bond acceptors (Lipinski definition) is 5. The van der Waals surface area contributed by atoms with Crippen molar-refractivity contribution in [3.8, 4) is 0 Å². The molecule has 2 aromatic carbocycles. The first-order valence-corrected chi connectivity index (χ1v) is 7.46. The lowest BCUT2D eigenvalue weighted by atomic mass is 9.95. The first-order valence-electron chi connectivity index (χ1n) is 7.46. The smallest absolute Gasteiger partial charge is 0.295 e. The molecule has 0 spiro atoms. The van der Waals surface area contributed by atoms with Crippen LogP contribution in [0.25, 0.3) is 5.76 Å². The number of likely N-dealkylation sites (tertiary alicyclic amines) is 1. The van der Waals surface area contributed by atoms with Crippen molar-refractivity contribution >= 4 is 23.1 Å². The number of benzene rings is 2. The van der Waals surface area contributed by atoms with Crippen LogP contribution in [0.4, 0.5) is 5.69 Å². The summed E-state index contributed by atoms with van der Waals surface area (Å²) in [5.41, 5.74) is 0.790. The van der Waals surface area contributed by atoms with E-state index in [-0.39, 0.29) is 17.0 Å². The minimum absolute atomic E-state index is 0.0347. The number of nitro groups is 1. The molecule has 1 heterocycles. The average molecular weight is 338 g/mol. The Morgan fingerprint density at radius 1 is 1.08 bits per heavy atom. The summed E-state index contributed by atoms with van der Waals surface area (Å²) in [7, 11) is 1.46. The normalized spacial score (nSPS) is 19.2. The van der Waals surface area contributed by atoms with Crippen LogP contribution in [0.1, 0.15) is 17.2 Å². The molecule has 1 atom stereocenters. The highest BCUT2D eigenvalue weighted by atomic mass is 16.6. The fourth-order valence-electron chi connectivity index (χ4n) is 2.87. The Hall–Kier alpha value is -3.48. The molecule has 126 valence electrons. The van der Waals surface area contributed by atoms with Gasteiger partial charge in [0.15, 0.2) is 0 Å². The Morgan fingerprint density at radius 2 is 1.68 bits per heavy atom. The summed E-state index contributed by atoms with van der Waals surface area (Å²) in [5.74, 6) is -1.79. The van der Waals surface area contributed by atoms with Gasteiger partial charge in [-0.3, -0.25) is 19.7 Å². The van der Waals surface area contributed by atoms with Gasteiger partial charge in [0.05, 0.1) is 16.5 Å². The van der Waals surface area contributed by atoms with Crippen molar-refractivity contribution in [1.29, 1.82) is 0 Å². The SMILES string of the molecule is CN1C(=O)C(=O)/C(=C(/O)c2ccccc2)[C@@H]1c1ccc([N+](=O)[O-])cc1. The van der Waals surface area contributed by atoms with Crippen molar-refractivity contribution in [1.82, 2.24) is 4.90 Å². The number of carbonyl (C=O) groups excluding carboxylic acids is 2. The number of hydrogen-bond donors (Lipinski definition) is 1. The Morgan fingerprint density at radius 3 is 2.24 bits per heavy atom. The van der Waals surface area contributed by atoms with Gasteiger partial charge in [0.1, 0.15) is 5.76 Å². The quantitative estimate of drug-likeness (QED) is 0.305. The number of nitro benzene ring substituents is 1. The van der Waals surface area contributed by atoms with Crippen molar-refractivity contribution < 1.29 is 19.6 Å². The molecule has 1 N–H and O–H groups in total. The standard InChI is InChI=1S/C18H14N2O5/c1-19-15(11-7-9-13(10-8-11)20(24)25)14(17(22)18(19)23)16(21)12-5-3-2-4-6-12/h2-10,15,21H,1H3/b16-14+/t15-/m0/s1. The summed E-state index contributed by atoms with van der Waals surface area (Å²) < 4.78 is 0. The van der Waals surface area contributed by atoms with Crippen molar-refractivity contribution in [2.45, 2.75) is 6.04 Å². The Bertz CT molecular complexity index is 887. The van der Waals surface area contributed by atoms with E-state index in [1.807, 2.05) is 0 Å². The van der Waals surface area contributed by atoms with E-state index in [0.29, 0.717) is 11.1 Å². The Kier molecular flexibility index (Phi) is 4.06. The van der Waals surface area contributed by atoms with Gasteiger partial charge >= 0.3 is 0 Å². The van der Waals surface area contributed by atoms with Gasteiger partial charge in [0.25, 0.3) is 17.4 Å². The Balaban J connectivity index is 2.13. The fourth-order valence-corrected chi connectivity index (χ4v) is 2.87. The molecule has 1 amide bonds. The van der Waals surface area contributed by atoms with Crippen LogP contribution in [-0.4, -0.2) is 33.7 Å². The van der Waals surface area contributed by atoms with Crippen molar-refractivity contribution in [2.75, 3.05) is 7.05 Å². The lowest BCUT2D eigenvalue weighted by molar-refractivity contribution is -0.384. The largest absolute Gasteiger partial charge is 0.507 e. The number of aliphatic hydroxyl groups is 1. The third kappa shape index (κ3) is 2.76. The highest BCUT2D eigenvalue weighted by Gasteiger charge is 2.44. The van der Waals surface area contributed by atoms with Crippen LogP contribution >= 0.6 is 0 Å². The predicted octanol–water partition coefficient (Wildman–Crippen LogP) is 2.65. The predicted molar refractivity (Wildman–Crippen MR) is 89.6 cm³/mol. The second-order valence-electron chi connectivity index (χ2n) is 5.62. The minimum atomic E-state index is -0.805. The zero-order chi connectivity index (χ0) is 18.1. The number of carbonyl (C=O) groups is 2. The number of Topliss-reactive ketones (excluding diaryl/α,β-unsaturated/α-hetero) is 1. The molecular weight excluding hydrogens is 324 g/mol. The molecule has 7 heteroatoms. The first kappa shape index (κ1) is 16.4. The molecule has 1 aliphatic heterocycles. The zero-order valence-electron chi connectivity index (χ0n) is 13.2. The van der Waals surface area contributed by atoms with Gasteiger partial charge in [-0.25, -0.2) is 0 Å². The molecule has 0 aliphatic carbocycles. The monoisotopic (exact) mass is 338 g/mol. The van der Waals surface area contributed by atoms with Gasteiger partial charge in [-0.2, -0.15) is 0 Å². The summed E-state index contributed by atoms with van der Waals surface area (Å²) >= 11 is 0. The number of non-ortho nitro benzene ring substituents is 1. The molecule has 25 heavy (non-hydrogen) atoms. The number of likely N-dealkylation sites (N-methyl/N-ethyl adjacent to an activating group) is 1. The maximum Gasteiger partial charge on any atom is 0.295 e. The second-order valence-corrected chi connectivity index (χ2v) is 5.62. The molecule has 1 aliphatic rings. The van der Waals surface area contributed by atoms with Crippen LogP contribution < -0.4 is 0 Å². The maximum absolute atomic E-state index is 12.4. The van der Waals surface area contributed by atoms with Crippen molar-refractivity contribution in [3.05, 3.63) is 81.4 Å². The topological polar surface area (TPSA) is 101 Å². The summed E-state index contributed by atoms with van der Waals surface area (Å²) in [6, 6.07) is 13.2. The molecular formula is C18H14N2O5. The van der Waals surface area contributed by atoms with Crippen LogP contribution in [0.15, 0.2) is 60.2 Å². The van der Waals surface area contributed by atoms with Crippen molar-refractivity contribution in [3.63, 3.8) is 0 Å². The number of amides is 1. The van der Waals surface area contributed by atoms with Crippen LogP contribution in [0.5, 0.6) is 0 Å². The van der Waals surface area contributed by atoms with Gasteiger partial charge in [0, 0.05) is 24.7 Å². The van der Waals surface area contributed by atoms with Gasteiger partial charge < -0.3 is 10.0 Å². The first-order chi connectivity index (χ1) is 11.9. The number of rotatable bonds is 3. The van der Waals surface area contributed by atoms with E-state index >= 15 is 0 Å². The third-order valence-corrected chi connectivity index (χ3v) is 4.14. The molecule has 0 saturated carbocycles. The summed E-state index contributed by atoms with van der Waals surface area (Å²) in [4.78, 5) is 36.0. The molecule has 2 aromatic rings. The van der Waals surface area contributed by atoms with Crippen LogP contribution in [0.2, 0.25) is 0 Å². The van der Waals surface area contributed by atoms with E-state index in [2.05, 4.69) is 0 Å². The van der Waals surface area contributed by atoms with Gasteiger partial charge in [-0.15, -0.1) is 0 Å². The molecule has 0 aromatic heterocycles. The van der Waals surface area contributed by atoms with Gasteiger partial charge in [0.2, 0.25) is 0 Å². The molecule has 0 bridgehead atoms. The minimum Gasteiger partial charge on any atom is -0.507 e. The summed E-state index contributed by atoms with van der Waals surface area (Å²) in [6.07, 6.45) is 0. The van der Waals surface area contributed by atoms with Crippen molar-refractivity contribution in [2.24, 2.45) is 0 Å². The number of ketones is 1. The van der Waals surface area contributed by atoms with E-state index in [1.54, 1.807) is 30.3 Å². The van der Waals surface area contributed by atoms with Gasteiger partial charge in [-0.05, 0) is 17.7 Å². The molecule has 7 nitrogen and oxygen atoms in total. The lowest BCUT2D eigenvalue weighted by Crippen LogP contribution is -2.24. The van der Waals surface area contributed by atoms with Crippen LogP contribution in [0, 0.1) is 10.1 Å².